The lowest BCUT2D eigenvalue weighted by Gasteiger charge is -2.59. The number of nitrogens with zero attached hydrogens (tertiary/aromatic N) is 3. The number of allylic oxidation sites excluding steroid dienone is 1. The van der Waals surface area contributed by atoms with Crippen LogP contribution in [-0.2, 0) is 21.2 Å². The van der Waals surface area contributed by atoms with Crippen LogP contribution in [0, 0.1) is 23.2 Å². The van der Waals surface area contributed by atoms with E-state index in [1.54, 1.807) is 6.08 Å². The molecule has 5 fully saturated rings. The van der Waals surface area contributed by atoms with Crippen molar-refractivity contribution in [1.82, 2.24) is 20.1 Å². The van der Waals surface area contributed by atoms with Crippen molar-refractivity contribution in [3.05, 3.63) is 18.5 Å². The van der Waals surface area contributed by atoms with Gasteiger partial charge in [-0.2, -0.15) is 0 Å². The minimum Gasteiger partial charge on any atom is -0.352 e. The van der Waals surface area contributed by atoms with Gasteiger partial charge in [-0.25, -0.2) is 8.42 Å². The van der Waals surface area contributed by atoms with Gasteiger partial charge in [-0.1, -0.05) is 17.8 Å². The molecule has 4 bridgehead atoms. The smallest absolute Gasteiger partial charge is 0.230 e. The predicted molar refractivity (Wildman–Crippen MR) is 125 cm³/mol. The number of hydrogen-bond donors (Lipinski definition) is 1. The van der Waals surface area contributed by atoms with Gasteiger partial charge < -0.3 is 9.88 Å². The highest BCUT2D eigenvalue weighted by atomic mass is 32.2. The van der Waals surface area contributed by atoms with E-state index in [9.17, 15) is 13.2 Å². The van der Waals surface area contributed by atoms with Crippen molar-refractivity contribution < 1.29 is 13.2 Å². The number of sulfone groups is 1. The Morgan fingerprint density at radius 3 is 2.47 bits per heavy atom. The Hall–Kier alpha value is -1.35. The van der Waals surface area contributed by atoms with Gasteiger partial charge in [0, 0.05) is 18.5 Å². The Labute approximate surface area is 195 Å². The Balaban J connectivity index is 1.21. The van der Waals surface area contributed by atoms with Crippen LogP contribution in [0.2, 0.25) is 0 Å². The summed E-state index contributed by atoms with van der Waals surface area (Å²) >= 11 is 1.37. The van der Waals surface area contributed by atoms with Gasteiger partial charge in [-0.3, -0.25) is 4.79 Å². The van der Waals surface area contributed by atoms with Crippen LogP contribution in [-0.4, -0.2) is 52.4 Å². The number of carbonyl (C=O) groups excluding carboxylic acids is 1. The molecule has 7 nitrogen and oxygen atoms in total. The summed E-state index contributed by atoms with van der Waals surface area (Å²) < 4.78 is 25.7. The first-order valence-corrected chi connectivity index (χ1v) is 14.7. The summed E-state index contributed by atoms with van der Waals surface area (Å²) in [5.74, 6) is 3.80. The van der Waals surface area contributed by atoms with Crippen molar-refractivity contribution in [2.45, 2.75) is 75.5 Å². The van der Waals surface area contributed by atoms with Gasteiger partial charge in [0.1, 0.15) is 5.82 Å². The van der Waals surface area contributed by atoms with Gasteiger partial charge in [0.05, 0.1) is 17.3 Å². The van der Waals surface area contributed by atoms with Crippen molar-refractivity contribution in [2.75, 3.05) is 17.3 Å². The first-order chi connectivity index (χ1) is 15.3. The van der Waals surface area contributed by atoms with Gasteiger partial charge in [-0.15, -0.1) is 16.8 Å². The molecule has 0 unspecified atom stereocenters. The first-order valence-electron chi connectivity index (χ1n) is 11.9. The maximum Gasteiger partial charge on any atom is 0.230 e. The van der Waals surface area contributed by atoms with Gasteiger partial charge >= 0.3 is 0 Å². The van der Waals surface area contributed by atoms with E-state index >= 15 is 0 Å². The van der Waals surface area contributed by atoms with Crippen molar-refractivity contribution in [2.24, 2.45) is 23.2 Å². The third-order valence-electron chi connectivity index (χ3n) is 8.37. The molecule has 1 aliphatic heterocycles. The van der Waals surface area contributed by atoms with Crippen LogP contribution in [0.5, 0.6) is 0 Å². The molecular formula is C23H34N4O3S2. The number of hydrogen-bond acceptors (Lipinski definition) is 6. The van der Waals surface area contributed by atoms with Crippen LogP contribution >= 0.6 is 11.8 Å². The Morgan fingerprint density at radius 2 is 1.91 bits per heavy atom. The largest absolute Gasteiger partial charge is 0.352 e. The standard InChI is InChI=1S/C23H34N4O3S2/c1-3-5-27-21(19-4-6-32(29,30)14-19)25-26-22(27)31-13-20(28)24-15(2)23-10-16-7-17(11-23)9-18(8-16)12-23/h3,15-19H,1,4-14H2,2H3,(H,24,28)/t15-,16?,17?,18?,19-,23?/m1/s1. The third-order valence-corrected chi connectivity index (χ3v) is 11.1. The fourth-order valence-corrected chi connectivity index (χ4v) is 9.79. The van der Waals surface area contributed by atoms with Gasteiger partial charge in [0.15, 0.2) is 15.0 Å². The quantitative estimate of drug-likeness (QED) is 0.456. The molecule has 5 aliphatic rings. The van der Waals surface area contributed by atoms with Crippen LogP contribution < -0.4 is 5.32 Å². The molecule has 176 valence electrons. The van der Waals surface area contributed by atoms with Crippen LogP contribution in [0.4, 0.5) is 0 Å². The Morgan fingerprint density at radius 1 is 1.25 bits per heavy atom. The summed E-state index contributed by atoms with van der Waals surface area (Å²) in [6, 6.07) is 0.203. The lowest BCUT2D eigenvalue weighted by Crippen LogP contribution is -2.56. The molecule has 9 heteroatoms. The summed E-state index contributed by atoms with van der Waals surface area (Å²) in [4.78, 5) is 12.8. The second-order valence-corrected chi connectivity index (χ2v) is 13.9. The van der Waals surface area contributed by atoms with Crippen LogP contribution in [0.15, 0.2) is 17.8 Å². The highest BCUT2D eigenvalue weighted by Gasteiger charge is 2.53. The van der Waals surface area contributed by atoms with Crippen molar-refractivity contribution >= 4 is 27.5 Å². The van der Waals surface area contributed by atoms with E-state index in [-0.39, 0.29) is 35.1 Å². The molecule has 2 heterocycles. The molecule has 1 aromatic rings. The Kier molecular flexibility index (Phi) is 5.93. The minimum atomic E-state index is -3.00. The number of amides is 1. The summed E-state index contributed by atoms with van der Waals surface area (Å²) in [7, 11) is -3.00. The highest BCUT2D eigenvalue weighted by Crippen LogP contribution is 2.61. The number of nitrogens with one attached hydrogen (secondary N) is 1. The van der Waals surface area contributed by atoms with Gasteiger partial charge in [0.2, 0.25) is 5.91 Å². The van der Waals surface area contributed by atoms with Crippen LogP contribution in [0.3, 0.4) is 0 Å². The Bertz CT molecular complexity index is 968. The number of thioether (sulfide) groups is 1. The molecule has 0 spiro atoms. The number of carbonyl (C=O) groups is 1. The summed E-state index contributed by atoms with van der Waals surface area (Å²) in [6.45, 7) is 6.52. The van der Waals surface area contributed by atoms with E-state index in [1.807, 2.05) is 4.57 Å². The molecule has 1 saturated heterocycles. The predicted octanol–water partition coefficient (Wildman–Crippen LogP) is 3.18. The molecule has 1 amide bonds. The molecule has 4 saturated carbocycles. The second kappa shape index (κ2) is 8.46. The normalized spacial score (nSPS) is 35.7. The van der Waals surface area contributed by atoms with Crippen LogP contribution in [0.25, 0.3) is 0 Å². The van der Waals surface area contributed by atoms with Crippen molar-refractivity contribution in [1.29, 1.82) is 0 Å². The number of rotatable bonds is 8. The van der Waals surface area contributed by atoms with E-state index < -0.39 is 9.84 Å². The molecule has 0 aromatic carbocycles. The molecule has 0 radical (unpaired) electrons. The maximum atomic E-state index is 12.8. The van der Waals surface area contributed by atoms with Gasteiger partial charge in [0.25, 0.3) is 0 Å². The van der Waals surface area contributed by atoms with Crippen molar-refractivity contribution in [3.8, 4) is 0 Å². The van der Waals surface area contributed by atoms with Crippen LogP contribution in [0.1, 0.15) is 63.6 Å². The van der Waals surface area contributed by atoms with E-state index in [0.717, 1.165) is 17.8 Å². The maximum absolute atomic E-state index is 12.8. The molecule has 1 aromatic heterocycles. The zero-order valence-electron chi connectivity index (χ0n) is 18.8. The molecule has 32 heavy (non-hydrogen) atoms. The monoisotopic (exact) mass is 478 g/mol. The first kappa shape index (κ1) is 22.4. The summed E-state index contributed by atoms with van der Waals surface area (Å²) in [5.41, 5.74) is 0.291. The van der Waals surface area contributed by atoms with E-state index in [4.69, 9.17) is 0 Å². The lowest BCUT2D eigenvalue weighted by atomic mass is 9.48. The topological polar surface area (TPSA) is 93.9 Å². The zero-order valence-corrected chi connectivity index (χ0v) is 20.5. The third kappa shape index (κ3) is 4.27. The zero-order chi connectivity index (χ0) is 22.5. The lowest BCUT2D eigenvalue weighted by molar-refractivity contribution is -0.123. The fraction of sp³-hybridized carbons (Fsp3) is 0.783. The van der Waals surface area contributed by atoms with Gasteiger partial charge in [-0.05, 0) is 75.0 Å². The molecular weight excluding hydrogens is 444 g/mol. The summed E-state index contributed by atoms with van der Waals surface area (Å²) in [5, 5.41) is 12.6. The minimum absolute atomic E-state index is 0.0383. The SMILES string of the molecule is C=CCn1c(SCC(=O)N[C@H](C)C23CC4CC(CC(C4)C2)C3)nnc1[C@@H]1CCS(=O)(=O)C1. The van der Waals surface area contributed by atoms with E-state index in [2.05, 4.69) is 29.0 Å². The average molecular weight is 479 g/mol. The second-order valence-electron chi connectivity index (χ2n) is 10.7. The average Bonchev–Trinajstić information content (AvgIpc) is 3.28. The highest BCUT2D eigenvalue weighted by molar-refractivity contribution is 7.99. The molecule has 2 atom stereocenters. The summed E-state index contributed by atoms with van der Waals surface area (Å²) in [6.07, 6.45) is 10.4. The van der Waals surface area contributed by atoms with E-state index in [1.165, 1.54) is 50.3 Å². The molecule has 6 rings (SSSR count). The molecule has 4 aliphatic carbocycles. The van der Waals surface area contributed by atoms with Crippen molar-refractivity contribution in [3.63, 3.8) is 0 Å². The molecule has 1 N–H and O–H groups in total. The number of aromatic nitrogens is 3. The van der Waals surface area contributed by atoms with E-state index in [0.29, 0.717) is 29.4 Å². The fourth-order valence-electron chi connectivity index (χ4n) is 7.28.